The van der Waals surface area contributed by atoms with E-state index in [-0.39, 0.29) is 11.9 Å². The van der Waals surface area contributed by atoms with Crippen LogP contribution in [-0.2, 0) is 9.53 Å². The molecular formula is C21H26O3. The maximum Gasteiger partial charge on any atom is 0.337 e. The van der Waals surface area contributed by atoms with E-state index in [0.717, 1.165) is 30.4 Å². The standard InChI is InChI=1S/C21H26O3/c1-24-21(23)17-12-10-15(11-13-17)14-18-8-5-9-19(20(18)22)16-6-3-2-4-7-16/h10-14,16,19H,2-9H2,1H3/b18-14+/t19-/m0/s1. The minimum Gasteiger partial charge on any atom is -0.465 e. The number of esters is 1. The van der Waals surface area contributed by atoms with E-state index >= 15 is 0 Å². The Labute approximate surface area is 144 Å². The molecule has 0 bridgehead atoms. The number of ketones is 1. The van der Waals surface area contributed by atoms with Gasteiger partial charge in [-0.25, -0.2) is 4.79 Å². The molecular weight excluding hydrogens is 300 g/mol. The Morgan fingerprint density at radius 2 is 1.75 bits per heavy atom. The Bertz CT molecular complexity index is 621. The molecule has 0 unspecified atom stereocenters. The molecule has 2 aliphatic rings. The summed E-state index contributed by atoms with van der Waals surface area (Å²) in [6.07, 6.45) is 11.4. The van der Waals surface area contributed by atoms with Crippen LogP contribution in [0.4, 0.5) is 0 Å². The number of hydrogen-bond donors (Lipinski definition) is 0. The number of rotatable bonds is 3. The van der Waals surface area contributed by atoms with Crippen LogP contribution in [-0.4, -0.2) is 18.9 Å². The molecule has 2 aliphatic carbocycles. The number of benzene rings is 1. The Balaban J connectivity index is 1.74. The van der Waals surface area contributed by atoms with E-state index in [0.29, 0.717) is 17.3 Å². The summed E-state index contributed by atoms with van der Waals surface area (Å²) in [5.41, 5.74) is 2.48. The predicted molar refractivity (Wildman–Crippen MR) is 94.7 cm³/mol. The lowest BCUT2D eigenvalue weighted by Gasteiger charge is -2.32. The number of Topliss-reactive ketones (excluding diaryl/α,β-unsaturated/α-hetero) is 1. The molecule has 0 N–H and O–H groups in total. The van der Waals surface area contributed by atoms with E-state index in [1.807, 2.05) is 18.2 Å². The van der Waals surface area contributed by atoms with Crippen LogP contribution >= 0.6 is 0 Å². The summed E-state index contributed by atoms with van der Waals surface area (Å²) in [5, 5.41) is 0. The van der Waals surface area contributed by atoms with Crippen LogP contribution in [0.2, 0.25) is 0 Å². The lowest BCUT2D eigenvalue weighted by molar-refractivity contribution is -0.122. The minimum absolute atomic E-state index is 0.236. The van der Waals surface area contributed by atoms with Gasteiger partial charge < -0.3 is 4.74 Å². The number of hydrogen-bond acceptors (Lipinski definition) is 3. The van der Waals surface area contributed by atoms with E-state index < -0.39 is 0 Å². The Kier molecular flexibility index (Phi) is 5.49. The van der Waals surface area contributed by atoms with E-state index in [1.54, 1.807) is 12.1 Å². The molecule has 0 aromatic heterocycles. The van der Waals surface area contributed by atoms with Gasteiger partial charge in [0.05, 0.1) is 12.7 Å². The van der Waals surface area contributed by atoms with Crippen molar-refractivity contribution >= 4 is 17.8 Å². The van der Waals surface area contributed by atoms with Gasteiger partial charge in [0, 0.05) is 5.92 Å². The van der Waals surface area contributed by atoms with Gasteiger partial charge in [-0.1, -0.05) is 31.4 Å². The van der Waals surface area contributed by atoms with E-state index in [4.69, 9.17) is 4.74 Å². The maximum atomic E-state index is 12.9. The zero-order chi connectivity index (χ0) is 16.9. The van der Waals surface area contributed by atoms with Gasteiger partial charge in [-0.15, -0.1) is 0 Å². The Morgan fingerprint density at radius 3 is 2.42 bits per heavy atom. The van der Waals surface area contributed by atoms with Gasteiger partial charge in [-0.05, 0) is 67.4 Å². The number of methoxy groups -OCH3 is 1. The fourth-order valence-corrected chi connectivity index (χ4v) is 4.17. The molecule has 128 valence electrons. The third-order valence-corrected chi connectivity index (χ3v) is 5.51. The summed E-state index contributed by atoms with van der Waals surface area (Å²) in [6.45, 7) is 0. The van der Waals surface area contributed by atoms with Gasteiger partial charge in [0.15, 0.2) is 5.78 Å². The van der Waals surface area contributed by atoms with Crippen molar-refractivity contribution in [2.45, 2.75) is 51.4 Å². The fourth-order valence-electron chi connectivity index (χ4n) is 4.17. The summed E-state index contributed by atoms with van der Waals surface area (Å²) < 4.78 is 4.72. The normalized spacial score (nSPS) is 24.1. The van der Waals surface area contributed by atoms with Gasteiger partial charge in [0.25, 0.3) is 0 Å². The van der Waals surface area contributed by atoms with Gasteiger partial charge in [0.2, 0.25) is 0 Å². The van der Waals surface area contributed by atoms with E-state index in [1.165, 1.54) is 39.2 Å². The maximum absolute atomic E-state index is 12.9. The fraction of sp³-hybridized carbons (Fsp3) is 0.524. The summed E-state index contributed by atoms with van der Waals surface area (Å²) in [5.74, 6) is 0.863. The van der Waals surface area contributed by atoms with Crippen LogP contribution in [0.5, 0.6) is 0 Å². The second-order valence-corrected chi connectivity index (χ2v) is 7.04. The number of carbonyl (C=O) groups excluding carboxylic acids is 2. The number of ether oxygens (including phenoxy) is 1. The van der Waals surface area contributed by atoms with Crippen LogP contribution in [0.3, 0.4) is 0 Å². The average Bonchev–Trinajstić information content (AvgIpc) is 2.64. The van der Waals surface area contributed by atoms with Gasteiger partial charge in [-0.2, -0.15) is 0 Å². The predicted octanol–water partition coefficient (Wildman–Crippen LogP) is 4.81. The van der Waals surface area contributed by atoms with Crippen LogP contribution in [0.25, 0.3) is 6.08 Å². The van der Waals surface area contributed by atoms with E-state index in [2.05, 4.69) is 0 Å². The van der Waals surface area contributed by atoms with Crippen LogP contribution in [0, 0.1) is 11.8 Å². The third kappa shape index (κ3) is 3.77. The molecule has 2 saturated carbocycles. The molecule has 1 aromatic rings. The smallest absolute Gasteiger partial charge is 0.337 e. The minimum atomic E-state index is -0.333. The molecule has 3 rings (SSSR count). The third-order valence-electron chi connectivity index (χ3n) is 5.51. The van der Waals surface area contributed by atoms with Gasteiger partial charge in [0.1, 0.15) is 0 Å². The lowest BCUT2D eigenvalue weighted by atomic mass is 9.71. The van der Waals surface area contributed by atoms with Crippen molar-refractivity contribution in [3.63, 3.8) is 0 Å². The highest BCUT2D eigenvalue weighted by atomic mass is 16.5. The Hall–Kier alpha value is -1.90. The summed E-state index contributed by atoms with van der Waals surface area (Å²) >= 11 is 0. The monoisotopic (exact) mass is 326 g/mol. The number of allylic oxidation sites excluding steroid dienone is 1. The second kappa shape index (κ2) is 7.78. The molecule has 1 aromatic carbocycles. The first-order valence-corrected chi connectivity index (χ1v) is 9.12. The first-order chi connectivity index (χ1) is 11.7. The highest BCUT2D eigenvalue weighted by molar-refractivity contribution is 6.02. The first-order valence-electron chi connectivity index (χ1n) is 9.12. The number of carbonyl (C=O) groups is 2. The van der Waals surface area contributed by atoms with Crippen LogP contribution in [0.15, 0.2) is 29.8 Å². The Morgan fingerprint density at radius 1 is 1.04 bits per heavy atom. The van der Waals surface area contributed by atoms with Crippen molar-refractivity contribution < 1.29 is 14.3 Å². The zero-order valence-electron chi connectivity index (χ0n) is 14.4. The molecule has 1 atom stereocenters. The summed E-state index contributed by atoms with van der Waals surface area (Å²) in [4.78, 5) is 24.4. The van der Waals surface area contributed by atoms with Gasteiger partial charge >= 0.3 is 5.97 Å². The molecule has 0 amide bonds. The van der Waals surface area contributed by atoms with Crippen molar-refractivity contribution in [3.8, 4) is 0 Å². The van der Waals surface area contributed by atoms with Crippen molar-refractivity contribution in [2.24, 2.45) is 11.8 Å². The molecule has 0 saturated heterocycles. The van der Waals surface area contributed by atoms with Crippen molar-refractivity contribution in [2.75, 3.05) is 7.11 Å². The molecule has 2 fully saturated rings. The zero-order valence-corrected chi connectivity index (χ0v) is 14.4. The molecule has 3 heteroatoms. The molecule has 3 nitrogen and oxygen atoms in total. The van der Waals surface area contributed by atoms with Crippen LogP contribution in [0.1, 0.15) is 67.3 Å². The van der Waals surface area contributed by atoms with Crippen molar-refractivity contribution in [1.82, 2.24) is 0 Å². The highest BCUT2D eigenvalue weighted by Crippen LogP contribution is 2.38. The van der Waals surface area contributed by atoms with Crippen molar-refractivity contribution in [3.05, 3.63) is 41.0 Å². The molecule has 0 heterocycles. The first kappa shape index (κ1) is 16.9. The molecule has 24 heavy (non-hydrogen) atoms. The highest BCUT2D eigenvalue weighted by Gasteiger charge is 2.33. The quantitative estimate of drug-likeness (QED) is 0.591. The van der Waals surface area contributed by atoms with E-state index in [9.17, 15) is 9.59 Å². The molecule has 0 radical (unpaired) electrons. The largest absolute Gasteiger partial charge is 0.465 e. The molecule has 0 aliphatic heterocycles. The van der Waals surface area contributed by atoms with Crippen LogP contribution < -0.4 is 0 Å². The molecule has 0 spiro atoms. The van der Waals surface area contributed by atoms with Crippen molar-refractivity contribution in [1.29, 1.82) is 0 Å². The lowest BCUT2D eigenvalue weighted by Crippen LogP contribution is -2.30. The van der Waals surface area contributed by atoms with Gasteiger partial charge in [-0.3, -0.25) is 4.79 Å². The average molecular weight is 326 g/mol. The summed E-state index contributed by atoms with van der Waals surface area (Å²) in [7, 11) is 1.38. The summed E-state index contributed by atoms with van der Waals surface area (Å²) in [6, 6.07) is 7.28. The topological polar surface area (TPSA) is 43.4 Å². The second-order valence-electron chi connectivity index (χ2n) is 7.04. The SMILES string of the molecule is COC(=O)c1ccc(/C=C2\CCC[C@@H](C3CCCCC3)C2=O)cc1.